The Morgan fingerprint density at radius 2 is 1.95 bits per heavy atom. The van der Waals surface area contributed by atoms with Gasteiger partial charge >= 0.3 is 0 Å². The minimum atomic E-state index is -0.666. The summed E-state index contributed by atoms with van der Waals surface area (Å²) in [5, 5.41) is 10.2. The van der Waals surface area contributed by atoms with E-state index in [1.807, 2.05) is 24.1 Å². The highest BCUT2D eigenvalue weighted by Crippen LogP contribution is 2.16. The highest BCUT2D eigenvalue weighted by molar-refractivity contribution is 5.19. The van der Waals surface area contributed by atoms with Gasteiger partial charge in [-0.3, -0.25) is 4.90 Å². The lowest BCUT2D eigenvalue weighted by Crippen LogP contribution is -2.24. The lowest BCUT2D eigenvalue weighted by atomic mass is 10.1. The topological polar surface area (TPSA) is 45.6 Å². The van der Waals surface area contributed by atoms with Gasteiger partial charge in [0.25, 0.3) is 0 Å². The van der Waals surface area contributed by atoms with E-state index in [0.717, 1.165) is 5.69 Å². The number of pyridine rings is 1. The zero-order chi connectivity index (χ0) is 15.2. The maximum Gasteiger partial charge on any atom is 0.213 e. The minimum Gasteiger partial charge on any atom is -0.481 e. The number of halogens is 1. The van der Waals surface area contributed by atoms with Gasteiger partial charge in [0, 0.05) is 19.2 Å². The van der Waals surface area contributed by atoms with Crippen LogP contribution in [0.1, 0.15) is 17.4 Å². The first-order valence-electron chi connectivity index (χ1n) is 6.70. The first-order chi connectivity index (χ1) is 10.1. The lowest BCUT2D eigenvalue weighted by Gasteiger charge is -2.20. The second kappa shape index (κ2) is 7.15. The third-order valence-corrected chi connectivity index (χ3v) is 3.16. The quantitative estimate of drug-likeness (QED) is 0.887. The Kier molecular flexibility index (Phi) is 5.25. The fourth-order valence-corrected chi connectivity index (χ4v) is 2.09. The molecule has 1 aromatic carbocycles. The Bertz CT molecular complexity index is 575. The number of likely N-dealkylation sites (N-methyl/N-ethyl adjacent to an activating group) is 1. The van der Waals surface area contributed by atoms with Crippen molar-refractivity contribution in [1.29, 1.82) is 0 Å². The number of ether oxygens (including phenoxy) is 1. The molecule has 0 aliphatic carbocycles. The molecule has 2 rings (SSSR count). The predicted octanol–water partition coefficient (Wildman–Crippen LogP) is 2.39. The van der Waals surface area contributed by atoms with Gasteiger partial charge in [0.15, 0.2) is 0 Å². The summed E-state index contributed by atoms with van der Waals surface area (Å²) in [5.74, 6) is 0.264. The average molecular weight is 290 g/mol. The smallest absolute Gasteiger partial charge is 0.213 e. The van der Waals surface area contributed by atoms with Crippen LogP contribution in [0, 0.1) is 5.82 Å². The first kappa shape index (κ1) is 15.4. The van der Waals surface area contributed by atoms with Gasteiger partial charge < -0.3 is 9.84 Å². The van der Waals surface area contributed by atoms with Gasteiger partial charge in [-0.05, 0) is 30.8 Å². The van der Waals surface area contributed by atoms with E-state index in [1.165, 1.54) is 12.1 Å². The molecule has 1 N–H and O–H groups in total. The molecule has 1 atom stereocenters. The normalized spacial score (nSPS) is 12.4. The number of rotatable bonds is 6. The Morgan fingerprint density at radius 1 is 1.24 bits per heavy atom. The number of hydrogen-bond donors (Lipinski definition) is 1. The first-order valence-corrected chi connectivity index (χ1v) is 6.70. The number of aliphatic hydroxyl groups excluding tert-OH is 1. The molecule has 0 aliphatic heterocycles. The van der Waals surface area contributed by atoms with E-state index in [4.69, 9.17) is 4.74 Å². The van der Waals surface area contributed by atoms with Crippen molar-refractivity contribution in [1.82, 2.24) is 9.88 Å². The summed E-state index contributed by atoms with van der Waals surface area (Å²) in [4.78, 5) is 6.28. The average Bonchev–Trinajstić information content (AvgIpc) is 2.47. The molecule has 0 radical (unpaired) electrons. The van der Waals surface area contributed by atoms with Crippen molar-refractivity contribution in [3.63, 3.8) is 0 Å². The zero-order valence-electron chi connectivity index (χ0n) is 12.2. The van der Waals surface area contributed by atoms with Gasteiger partial charge in [0.05, 0.1) is 18.9 Å². The summed E-state index contributed by atoms with van der Waals surface area (Å²) in [5.41, 5.74) is 1.56. The Balaban J connectivity index is 1.94. The fraction of sp³-hybridized carbons (Fsp3) is 0.312. The van der Waals surface area contributed by atoms with E-state index >= 15 is 0 Å². The van der Waals surface area contributed by atoms with Crippen molar-refractivity contribution in [2.24, 2.45) is 0 Å². The molecule has 2 aromatic rings. The summed E-state index contributed by atoms with van der Waals surface area (Å²) in [6, 6.07) is 11.5. The number of methoxy groups -OCH3 is 1. The fourth-order valence-electron chi connectivity index (χ4n) is 2.09. The molecule has 1 heterocycles. The predicted molar refractivity (Wildman–Crippen MR) is 78.5 cm³/mol. The van der Waals surface area contributed by atoms with Crippen LogP contribution in [0.2, 0.25) is 0 Å². The molecule has 0 amide bonds. The highest BCUT2D eigenvalue weighted by Gasteiger charge is 2.12. The van der Waals surface area contributed by atoms with Crippen molar-refractivity contribution >= 4 is 0 Å². The van der Waals surface area contributed by atoms with Gasteiger partial charge in [-0.1, -0.05) is 18.2 Å². The molecule has 0 unspecified atom stereocenters. The van der Waals surface area contributed by atoms with Crippen LogP contribution in [0.4, 0.5) is 4.39 Å². The minimum absolute atomic E-state index is 0.306. The van der Waals surface area contributed by atoms with Crippen LogP contribution < -0.4 is 4.74 Å². The molecule has 112 valence electrons. The lowest BCUT2D eigenvalue weighted by molar-refractivity contribution is 0.123. The number of nitrogens with zero attached hydrogens (tertiary/aromatic N) is 2. The van der Waals surface area contributed by atoms with Crippen LogP contribution in [0.3, 0.4) is 0 Å². The zero-order valence-corrected chi connectivity index (χ0v) is 12.2. The van der Waals surface area contributed by atoms with Crippen molar-refractivity contribution < 1.29 is 14.2 Å². The largest absolute Gasteiger partial charge is 0.481 e. The molecule has 1 aromatic heterocycles. The Labute approximate surface area is 123 Å². The van der Waals surface area contributed by atoms with Crippen molar-refractivity contribution in [2.75, 3.05) is 20.7 Å². The van der Waals surface area contributed by atoms with Gasteiger partial charge in [0.1, 0.15) is 5.82 Å². The van der Waals surface area contributed by atoms with Crippen LogP contribution in [0.15, 0.2) is 42.5 Å². The number of hydrogen-bond acceptors (Lipinski definition) is 4. The molecule has 0 fully saturated rings. The monoisotopic (exact) mass is 290 g/mol. The van der Waals surface area contributed by atoms with E-state index in [2.05, 4.69) is 4.98 Å². The van der Waals surface area contributed by atoms with E-state index in [-0.39, 0.29) is 5.82 Å². The van der Waals surface area contributed by atoms with Crippen molar-refractivity contribution in [2.45, 2.75) is 12.6 Å². The molecule has 0 aliphatic rings. The summed E-state index contributed by atoms with van der Waals surface area (Å²) in [6.07, 6.45) is -0.666. The molecule has 21 heavy (non-hydrogen) atoms. The molecule has 0 spiro atoms. The number of aromatic nitrogens is 1. The second-order valence-corrected chi connectivity index (χ2v) is 4.94. The van der Waals surface area contributed by atoms with Crippen LogP contribution in [0.25, 0.3) is 0 Å². The summed E-state index contributed by atoms with van der Waals surface area (Å²) in [7, 11) is 3.47. The summed E-state index contributed by atoms with van der Waals surface area (Å²) in [6.45, 7) is 1.03. The van der Waals surface area contributed by atoms with Gasteiger partial charge in [-0.25, -0.2) is 9.37 Å². The van der Waals surface area contributed by atoms with E-state index < -0.39 is 6.10 Å². The van der Waals surface area contributed by atoms with Gasteiger partial charge in [-0.15, -0.1) is 0 Å². The molecule has 0 saturated carbocycles. The third-order valence-electron chi connectivity index (χ3n) is 3.16. The van der Waals surface area contributed by atoms with E-state index in [9.17, 15) is 9.50 Å². The van der Waals surface area contributed by atoms with Crippen LogP contribution in [-0.4, -0.2) is 35.7 Å². The van der Waals surface area contributed by atoms with Crippen LogP contribution >= 0.6 is 0 Å². The number of aliphatic hydroxyl groups is 1. The maximum absolute atomic E-state index is 12.9. The second-order valence-electron chi connectivity index (χ2n) is 4.94. The molecular formula is C16H19FN2O2. The molecule has 5 heteroatoms. The van der Waals surface area contributed by atoms with Gasteiger partial charge in [0.2, 0.25) is 5.88 Å². The van der Waals surface area contributed by atoms with Crippen LogP contribution in [-0.2, 0) is 6.54 Å². The molecule has 4 nitrogen and oxygen atoms in total. The highest BCUT2D eigenvalue weighted by atomic mass is 19.1. The standard InChI is InChI=1S/C16H19FN2O2/c1-19(10-14-4-3-5-16(18-14)21-2)11-15(20)12-6-8-13(17)9-7-12/h3-9,15,20H,10-11H2,1-2H3/t15-/m0/s1. The molecular weight excluding hydrogens is 271 g/mol. The van der Waals surface area contributed by atoms with Crippen LogP contribution in [0.5, 0.6) is 5.88 Å². The van der Waals surface area contributed by atoms with E-state index in [0.29, 0.717) is 24.5 Å². The van der Waals surface area contributed by atoms with E-state index in [1.54, 1.807) is 25.3 Å². The Morgan fingerprint density at radius 3 is 2.62 bits per heavy atom. The third kappa shape index (κ3) is 4.51. The maximum atomic E-state index is 12.9. The molecule has 0 bridgehead atoms. The van der Waals surface area contributed by atoms with Crippen molar-refractivity contribution in [3.8, 4) is 5.88 Å². The van der Waals surface area contributed by atoms with Gasteiger partial charge in [-0.2, -0.15) is 0 Å². The number of benzene rings is 1. The van der Waals surface area contributed by atoms with Crippen molar-refractivity contribution in [3.05, 3.63) is 59.5 Å². The SMILES string of the molecule is COc1cccc(CN(C)C[C@H](O)c2ccc(F)cc2)n1. The Hall–Kier alpha value is -1.98. The summed E-state index contributed by atoms with van der Waals surface area (Å²) < 4.78 is 17.9. The molecule has 0 saturated heterocycles. The summed E-state index contributed by atoms with van der Waals surface area (Å²) >= 11 is 0.